The first-order chi connectivity index (χ1) is 9.76. The summed E-state index contributed by atoms with van der Waals surface area (Å²) in [5.41, 5.74) is -0.892. The Kier molecular flexibility index (Phi) is 4.25. The second-order valence-electron chi connectivity index (χ2n) is 4.78. The lowest BCUT2D eigenvalue weighted by Gasteiger charge is -2.21. The summed E-state index contributed by atoms with van der Waals surface area (Å²) < 4.78 is 63.5. The Balaban J connectivity index is 2.28. The van der Waals surface area contributed by atoms with Crippen molar-refractivity contribution in [2.24, 2.45) is 0 Å². The first kappa shape index (κ1) is 15.8. The van der Waals surface area contributed by atoms with E-state index < -0.39 is 21.8 Å². The Morgan fingerprint density at radius 3 is 2.24 bits per heavy atom. The van der Waals surface area contributed by atoms with Crippen LogP contribution in [0.2, 0.25) is 0 Å². The molecule has 1 fully saturated rings. The number of alkyl halides is 3. The van der Waals surface area contributed by atoms with E-state index in [0.717, 1.165) is 24.3 Å². The molecule has 1 aliphatic rings. The molecule has 0 spiro atoms. The van der Waals surface area contributed by atoms with Gasteiger partial charge in [-0.1, -0.05) is 0 Å². The molecule has 0 radical (unpaired) electrons. The number of sulfonamides is 1. The molecule has 1 saturated carbocycles. The molecular formula is C13H13F3N2O2S. The van der Waals surface area contributed by atoms with Gasteiger partial charge in [0.1, 0.15) is 0 Å². The van der Waals surface area contributed by atoms with Gasteiger partial charge in [0.25, 0.3) is 0 Å². The van der Waals surface area contributed by atoms with Crippen LogP contribution in [0.4, 0.5) is 13.2 Å². The topological polar surface area (TPSA) is 61.2 Å². The van der Waals surface area contributed by atoms with E-state index in [-0.39, 0.29) is 23.9 Å². The van der Waals surface area contributed by atoms with Crippen LogP contribution in [0.15, 0.2) is 29.2 Å². The molecule has 1 aromatic rings. The highest BCUT2D eigenvalue weighted by Crippen LogP contribution is 2.34. The Morgan fingerprint density at radius 2 is 1.81 bits per heavy atom. The minimum atomic E-state index is -4.50. The molecule has 21 heavy (non-hydrogen) atoms. The minimum Gasteiger partial charge on any atom is -0.207 e. The summed E-state index contributed by atoms with van der Waals surface area (Å²) >= 11 is 0. The van der Waals surface area contributed by atoms with Crippen LogP contribution >= 0.6 is 0 Å². The summed E-state index contributed by atoms with van der Waals surface area (Å²) in [4.78, 5) is -0.180. The zero-order valence-electron chi connectivity index (χ0n) is 11.0. The number of halogens is 3. The van der Waals surface area contributed by atoms with Crippen LogP contribution < -0.4 is 0 Å². The summed E-state index contributed by atoms with van der Waals surface area (Å²) in [5, 5.41) is 8.58. The van der Waals surface area contributed by atoms with Gasteiger partial charge in [0.05, 0.1) is 16.5 Å². The van der Waals surface area contributed by atoms with Crippen LogP contribution in [0, 0.1) is 11.3 Å². The summed E-state index contributed by atoms with van der Waals surface area (Å²) in [6.07, 6.45) is -3.02. The molecule has 1 aliphatic carbocycles. The van der Waals surface area contributed by atoms with E-state index in [1.165, 1.54) is 4.31 Å². The van der Waals surface area contributed by atoms with E-state index in [9.17, 15) is 21.6 Å². The Morgan fingerprint density at radius 1 is 1.24 bits per heavy atom. The summed E-state index contributed by atoms with van der Waals surface area (Å²) in [6, 6.07) is 5.15. The second-order valence-corrected chi connectivity index (χ2v) is 6.67. The van der Waals surface area contributed by atoms with Crippen molar-refractivity contribution in [3.63, 3.8) is 0 Å². The minimum absolute atomic E-state index is 0.0519. The van der Waals surface area contributed by atoms with E-state index in [4.69, 9.17) is 5.26 Å². The highest BCUT2D eigenvalue weighted by atomic mass is 32.2. The van der Waals surface area contributed by atoms with Gasteiger partial charge in [-0.2, -0.15) is 22.7 Å². The average Bonchev–Trinajstić information content (AvgIpc) is 3.23. The van der Waals surface area contributed by atoms with Crippen molar-refractivity contribution in [1.82, 2.24) is 4.31 Å². The second kappa shape index (κ2) is 5.66. The highest BCUT2D eigenvalue weighted by Gasteiger charge is 2.38. The number of rotatable bonds is 5. The molecular weight excluding hydrogens is 305 g/mol. The van der Waals surface area contributed by atoms with E-state index >= 15 is 0 Å². The lowest BCUT2D eigenvalue weighted by Crippen LogP contribution is -2.34. The van der Waals surface area contributed by atoms with Gasteiger partial charge >= 0.3 is 6.18 Å². The van der Waals surface area contributed by atoms with Crippen molar-refractivity contribution in [3.05, 3.63) is 29.8 Å². The Bertz CT molecular complexity index is 643. The third-order valence-electron chi connectivity index (χ3n) is 3.19. The molecule has 1 aromatic carbocycles. The van der Waals surface area contributed by atoms with Gasteiger partial charge in [-0.3, -0.25) is 0 Å². The van der Waals surface area contributed by atoms with E-state index in [1.54, 1.807) is 0 Å². The molecule has 0 unspecified atom stereocenters. The van der Waals surface area contributed by atoms with Crippen LogP contribution in [0.3, 0.4) is 0 Å². The zero-order valence-corrected chi connectivity index (χ0v) is 11.8. The molecule has 114 valence electrons. The molecule has 0 aliphatic heterocycles. The van der Waals surface area contributed by atoms with E-state index in [1.807, 2.05) is 6.07 Å². The maximum atomic E-state index is 12.5. The van der Waals surface area contributed by atoms with E-state index in [0.29, 0.717) is 12.8 Å². The predicted molar refractivity (Wildman–Crippen MR) is 68.6 cm³/mol. The number of hydrogen-bond acceptors (Lipinski definition) is 3. The van der Waals surface area contributed by atoms with Crippen molar-refractivity contribution >= 4 is 10.0 Å². The van der Waals surface area contributed by atoms with Gasteiger partial charge in [-0.15, -0.1) is 0 Å². The smallest absolute Gasteiger partial charge is 0.207 e. The molecule has 0 bridgehead atoms. The first-order valence-corrected chi connectivity index (χ1v) is 7.77. The highest BCUT2D eigenvalue weighted by molar-refractivity contribution is 7.89. The molecule has 0 heterocycles. The standard InChI is InChI=1S/C13H13F3N2O2S/c14-13(15,16)10-2-6-12(7-3-10)21(19,20)18(9-1-8-17)11-4-5-11/h2-3,6-7,11H,1,4-5,9H2. The molecule has 0 aromatic heterocycles. The largest absolute Gasteiger partial charge is 0.416 e. The fourth-order valence-corrected chi connectivity index (χ4v) is 3.66. The van der Waals surface area contributed by atoms with Gasteiger partial charge in [0.15, 0.2) is 0 Å². The number of nitrogens with zero attached hydrogens (tertiary/aromatic N) is 2. The molecule has 0 amide bonds. The number of benzene rings is 1. The van der Waals surface area contributed by atoms with E-state index in [2.05, 4.69) is 0 Å². The quantitative estimate of drug-likeness (QED) is 0.838. The lowest BCUT2D eigenvalue weighted by atomic mass is 10.2. The van der Waals surface area contributed by atoms with Gasteiger partial charge in [0, 0.05) is 19.0 Å². The summed E-state index contributed by atoms with van der Waals surface area (Å²) in [7, 11) is -3.86. The molecule has 0 saturated heterocycles. The Hall–Kier alpha value is -1.59. The molecule has 8 heteroatoms. The number of nitriles is 1. The third-order valence-corrected chi connectivity index (χ3v) is 5.15. The van der Waals surface area contributed by atoms with Crippen molar-refractivity contribution in [2.75, 3.05) is 6.54 Å². The maximum absolute atomic E-state index is 12.5. The summed E-state index contributed by atoms with van der Waals surface area (Å²) in [6.45, 7) is 0.0600. The maximum Gasteiger partial charge on any atom is 0.416 e. The van der Waals surface area contributed by atoms with Crippen molar-refractivity contribution in [3.8, 4) is 6.07 Å². The van der Waals surface area contributed by atoms with Crippen LogP contribution in [-0.2, 0) is 16.2 Å². The SMILES string of the molecule is N#CCCN(C1CC1)S(=O)(=O)c1ccc(C(F)(F)F)cc1. The molecule has 0 N–H and O–H groups in total. The fraction of sp³-hybridized carbons (Fsp3) is 0.462. The van der Waals surface area contributed by atoms with Crippen LogP contribution in [-0.4, -0.2) is 25.3 Å². The fourth-order valence-electron chi connectivity index (χ4n) is 1.97. The van der Waals surface area contributed by atoms with Gasteiger partial charge in [-0.05, 0) is 37.1 Å². The molecule has 4 nitrogen and oxygen atoms in total. The monoisotopic (exact) mass is 318 g/mol. The average molecular weight is 318 g/mol. The lowest BCUT2D eigenvalue weighted by molar-refractivity contribution is -0.137. The zero-order chi connectivity index (χ0) is 15.7. The predicted octanol–water partition coefficient (Wildman–Crippen LogP) is 2.77. The van der Waals surface area contributed by atoms with Gasteiger partial charge < -0.3 is 0 Å². The normalized spacial score (nSPS) is 16.0. The number of hydrogen-bond donors (Lipinski definition) is 0. The van der Waals surface area contributed by atoms with Crippen LogP contribution in [0.1, 0.15) is 24.8 Å². The first-order valence-electron chi connectivity index (χ1n) is 6.33. The van der Waals surface area contributed by atoms with Crippen molar-refractivity contribution in [2.45, 2.75) is 36.4 Å². The molecule has 2 rings (SSSR count). The van der Waals surface area contributed by atoms with Gasteiger partial charge in [0.2, 0.25) is 10.0 Å². The van der Waals surface area contributed by atoms with Crippen molar-refractivity contribution < 1.29 is 21.6 Å². The van der Waals surface area contributed by atoms with Crippen LogP contribution in [0.5, 0.6) is 0 Å². The summed E-state index contributed by atoms with van der Waals surface area (Å²) in [5.74, 6) is 0. The van der Waals surface area contributed by atoms with Crippen molar-refractivity contribution in [1.29, 1.82) is 5.26 Å². The Labute approximate surface area is 120 Å². The van der Waals surface area contributed by atoms with Crippen LogP contribution in [0.25, 0.3) is 0 Å². The van der Waals surface area contributed by atoms with Gasteiger partial charge in [-0.25, -0.2) is 8.42 Å². The molecule has 0 atom stereocenters. The third kappa shape index (κ3) is 3.54.